The first kappa shape index (κ1) is 23.1. The Kier molecular flexibility index (Phi) is 6.29. The fraction of sp³-hybridized carbons (Fsp3) is 0.304. The van der Waals surface area contributed by atoms with Crippen LogP contribution in [0.5, 0.6) is 5.75 Å². The predicted molar refractivity (Wildman–Crippen MR) is 125 cm³/mol. The summed E-state index contributed by atoms with van der Waals surface area (Å²) in [5, 5.41) is 19.8. The smallest absolute Gasteiger partial charge is 0.406 e. The number of aromatic nitrogens is 5. The van der Waals surface area contributed by atoms with Gasteiger partial charge in [-0.3, -0.25) is 0 Å². The van der Waals surface area contributed by atoms with Crippen molar-refractivity contribution in [2.45, 2.75) is 38.8 Å². The quantitative estimate of drug-likeness (QED) is 0.207. The molecule has 0 saturated heterocycles. The van der Waals surface area contributed by atoms with Crippen molar-refractivity contribution in [3.05, 3.63) is 80.3 Å². The molecule has 0 N–H and O–H groups in total. The number of halogens is 2. The van der Waals surface area contributed by atoms with Gasteiger partial charge in [0.15, 0.2) is 17.8 Å². The molecule has 0 amide bonds. The maximum Gasteiger partial charge on any atom is 0.406 e. The molecule has 3 heterocycles. The van der Waals surface area contributed by atoms with Gasteiger partial charge in [0.25, 0.3) is 0 Å². The molecule has 0 unspecified atom stereocenters. The number of pyridine rings is 1. The Balaban J connectivity index is 1.44. The summed E-state index contributed by atoms with van der Waals surface area (Å²) in [5.74, 6) is 0.835. The molecule has 1 atom stereocenters. The van der Waals surface area contributed by atoms with Gasteiger partial charge in [-0.2, -0.15) is 5.10 Å². The van der Waals surface area contributed by atoms with Crippen LogP contribution in [-0.2, 0) is 13.0 Å². The fourth-order valence-corrected chi connectivity index (χ4v) is 4.16. The monoisotopic (exact) mass is 542 g/mol. The van der Waals surface area contributed by atoms with Gasteiger partial charge in [0, 0.05) is 23.3 Å². The summed E-state index contributed by atoms with van der Waals surface area (Å²) < 4.78 is 27.8. The van der Waals surface area contributed by atoms with Crippen molar-refractivity contribution in [3.63, 3.8) is 0 Å². The Hall–Kier alpha value is -3.67. The summed E-state index contributed by atoms with van der Waals surface area (Å²) in [7, 11) is 0. The summed E-state index contributed by atoms with van der Waals surface area (Å²) in [4.78, 5) is 18.9. The standard InChI is InChI=1S/C23H20BrFN6O4/c1-13(34-21-7-15(24)10-26-23(21)31(32)33)20-8-16(25)4-5-19(20)22-27-12-28-30(22)11-18-9-17(29-35-18)6-14-2-3-14/h4-5,7-10,12-14H,2-3,6,11H2,1H3/t13-/m0/s1. The van der Waals surface area contributed by atoms with Gasteiger partial charge >= 0.3 is 5.82 Å². The topological polar surface area (TPSA) is 122 Å². The first-order valence-electron chi connectivity index (χ1n) is 11.0. The molecule has 1 aliphatic rings. The molecule has 1 saturated carbocycles. The van der Waals surface area contributed by atoms with Crippen molar-refractivity contribution < 1.29 is 18.6 Å². The lowest BCUT2D eigenvalue weighted by Crippen LogP contribution is -2.10. The summed E-state index contributed by atoms with van der Waals surface area (Å²) in [6.07, 6.45) is 5.30. The number of rotatable bonds is 9. The second kappa shape index (κ2) is 9.53. The van der Waals surface area contributed by atoms with Crippen LogP contribution < -0.4 is 4.74 Å². The maximum absolute atomic E-state index is 14.3. The second-order valence-electron chi connectivity index (χ2n) is 8.40. The molecule has 1 aromatic carbocycles. The van der Waals surface area contributed by atoms with Crippen LogP contribution in [0.15, 0.2) is 51.9 Å². The molecule has 3 aromatic heterocycles. The van der Waals surface area contributed by atoms with E-state index in [1.807, 2.05) is 6.07 Å². The van der Waals surface area contributed by atoms with Crippen LogP contribution in [0.3, 0.4) is 0 Å². The zero-order valence-electron chi connectivity index (χ0n) is 18.6. The third-order valence-electron chi connectivity index (χ3n) is 5.69. The summed E-state index contributed by atoms with van der Waals surface area (Å²) >= 11 is 3.25. The van der Waals surface area contributed by atoms with E-state index in [0.29, 0.717) is 39.6 Å². The molecular weight excluding hydrogens is 523 g/mol. The average molecular weight is 543 g/mol. The second-order valence-corrected chi connectivity index (χ2v) is 9.31. The van der Waals surface area contributed by atoms with Gasteiger partial charge in [-0.05, 0) is 76.1 Å². The number of nitro groups is 1. The zero-order chi connectivity index (χ0) is 24.5. The summed E-state index contributed by atoms with van der Waals surface area (Å²) in [6, 6.07) is 7.58. The highest BCUT2D eigenvalue weighted by molar-refractivity contribution is 9.10. The highest BCUT2D eigenvalue weighted by atomic mass is 79.9. The molecule has 12 heteroatoms. The Morgan fingerprint density at radius 1 is 1.31 bits per heavy atom. The van der Waals surface area contributed by atoms with Gasteiger partial charge < -0.3 is 19.4 Å². The lowest BCUT2D eigenvalue weighted by molar-refractivity contribution is -0.390. The predicted octanol–water partition coefficient (Wildman–Crippen LogP) is 5.28. The summed E-state index contributed by atoms with van der Waals surface area (Å²) in [5.41, 5.74) is 1.93. The SMILES string of the molecule is C[C@H](Oc1cc(Br)cnc1[N+](=O)[O-])c1cc(F)ccc1-c1ncnn1Cc1cc(CC2CC2)no1. The van der Waals surface area contributed by atoms with E-state index in [-0.39, 0.29) is 5.75 Å². The van der Waals surface area contributed by atoms with Crippen LogP contribution in [0.4, 0.5) is 10.2 Å². The van der Waals surface area contributed by atoms with E-state index < -0.39 is 22.7 Å². The van der Waals surface area contributed by atoms with Crippen LogP contribution in [0.25, 0.3) is 11.4 Å². The first-order valence-corrected chi connectivity index (χ1v) is 11.8. The molecule has 1 aliphatic carbocycles. The van der Waals surface area contributed by atoms with Crippen molar-refractivity contribution in [3.8, 4) is 17.1 Å². The minimum Gasteiger partial charge on any atom is -0.478 e. The molecule has 0 aliphatic heterocycles. The number of hydrogen-bond acceptors (Lipinski definition) is 8. The largest absolute Gasteiger partial charge is 0.478 e. The Labute approximate surface area is 207 Å². The van der Waals surface area contributed by atoms with Gasteiger partial charge in [0.2, 0.25) is 5.75 Å². The average Bonchev–Trinajstić information content (AvgIpc) is 3.33. The molecule has 180 valence electrons. The fourth-order valence-electron chi connectivity index (χ4n) is 3.85. The van der Waals surface area contributed by atoms with E-state index >= 15 is 0 Å². The van der Waals surface area contributed by atoms with Crippen molar-refractivity contribution in [1.82, 2.24) is 24.9 Å². The molecule has 35 heavy (non-hydrogen) atoms. The third-order valence-corrected chi connectivity index (χ3v) is 6.13. The minimum absolute atomic E-state index is 0.0431. The van der Waals surface area contributed by atoms with Crippen molar-refractivity contribution in [2.75, 3.05) is 0 Å². The summed E-state index contributed by atoms with van der Waals surface area (Å²) in [6.45, 7) is 1.96. The minimum atomic E-state index is -0.768. The molecular formula is C23H20BrFN6O4. The molecule has 4 aromatic rings. The molecule has 0 radical (unpaired) electrons. The maximum atomic E-state index is 14.3. The number of benzene rings is 1. The first-order chi connectivity index (χ1) is 16.9. The lowest BCUT2D eigenvalue weighted by atomic mass is 10.0. The third kappa shape index (κ3) is 5.21. The molecule has 5 rings (SSSR count). The molecule has 0 spiro atoms. The van der Waals surface area contributed by atoms with Crippen LogP contribution >= 0.6 is 15.9 Å². The Bertz CT molecular complexity index is 1390. The Morgan fingerprint density at radius 3 is 2.91 bits per heavy atom. The highest BCUT2D eigenvalue weighted by Gasteiger charge is 2.25. The molecule has 1 fully saturated rings. The number of ether oxygens (including phenoxy) is 1. The van der Waals surface area contributed by atoms with Gasteiger partial charge in [-0.15, -0.1) is 0 Å². The normalized spacial score (nSPS) is 14.1. The highest BCUT2D eigenvalue weighted by Crippen LogP contribution is 2.35. The van der Waals surface area contributed by atoms with Gasteiger partial charge in [0.05, 0.1) is 10.2 Å². The molecule has 10 nitrogen and oxygen atoms in total. The van der Waals surface area contributed by atoms with Crippen molar-refractivity contribution >= 4 is 21.7 Å². The van der Waals surface area contributed by atoms with Crippen LogP contribution in [-0.4, -0.2) is 29.8 Å². The molecule has 0 bridgehead atoms. The lowest BCUT2D eigenvalue weighted by Gasteiger charge is -2.18. The van der Waals surface area contributed by atoms with E-state index in [1.54, 1.807) is 17.7 Å². The van der Waals surface area contributed by atoms with Crippen LogP contribution in [0.2, 0.25) is 0 Å². The van der Waals surface area contributed by atoms with Gasteiger partial charge in [-0.25, -0.2) is 14.1 Å². The van der Waals surface area contributed by atoms with E-state index in [9.17, 15) is 14.5 Å². The van der Waals surface area contributed by atoms with Crippen molar-refractivity contribution in [1.29, 1.82) is 0 Å². The van der Waals surface area contributed by atoms with E-state index in [4.69, 9.17) is 9.26 Å². The van der Waals surface area contributed by atoms with Gasteiger partial charge in [-0.1, -0.05) is 5.16 Å². The van der Waals surface area contributed by atoms with Gasteiger partial charge in [0.1, 0.15) is 24.8 Å². The van der Waals surface area contributed by atoms with E-state index in [0.717, 1.165) is 12.1 Å². The Morgan fingerprint density at radius 2 is 2.14 bits per heavy atom. The number of hydrogen-bond donors (Lipinski definition) is 0. The van der Waals surface area contributed by atoms with Crippen LogP contribution in [0.1, 0.15) is 42.9 Å². The van der Waals surface area contributed by atoms with E-state index in [1.165, 1.54) is 43.6 Å². The zero-order valence-corrected chi connectivity index (χ0v) is 20.2. The van der Waals surface area contributed by atoms with Crippen LogP contribution in [0, 0.1) is 21.8 Å². The number of nitrogens with zero attached hydrogens (tertiary/aromatic N) is 6. The van der Waals surface area contributed by atoms with Crippen molar-refractivity contribution in [2.24, 2.45) is 5.92 Å². The van der Waals surface area contributed by atoms with E-state index in [2.05, 4.69) is 36.2 Å².